The van der Waals surface area contributed by atoms with Gasteiger partial charge in [0.2, 0.25) is 0 Å². The molecular weight excluding hydrogens is 1900 g/mol. The topological polar surface area (TPSA) is 1040 Å². The molecule has 12 rings (SSSR count). The van der Waals surface area contributed by atoms with Gasteiger partial charge in [-0.25, -0.2) is 38.4 Å². The Hall–Kier alpha value is -6.20. The molecule has 12 heterocycles. The molecule has 65 heteroatoms. The summed E-state index contributed by atoms with van der Waals surface area (Å²) in [4.78, 5) is 104. The molecule has 0 aromatic rings. The Morgan fingerprint density at radius 1 is 0.146 bits per heavy atom. The number of hydrogen-bond donors (Lipinski definition) is 34. The molecule has 0 aliphatic carbocycles. The first-order valence-corrected chi connectivity index (χ1v) is 41.6. The van der Waals surface area contributed by atoms with Gasteiger partial charge in [-0.2, -0.15) is 0 Å². The van der Waals surface area contributed by atoms with Crippen molar-refractivity contribution in [3.8, 4) is 0 Å². The zero-order valence-electron chi connectivity index (χ0n) is 70.5. The number of aliphatic hydroxyl groups excluding tert-OH is 26. The molecule has 0 saturated carbocycles. The van der Waals surface area contributed by atoms with Crippen LogP contribution in [-0.2, 0) is 147 Å². The summed E-state index contributed by atoms with van der Waals surface area (Å²) in [6, 6.07) is 0. The first-order valence-electron chi connectivity index (χ1n) is 41.6. The number of hydrogen-bond acceptors (Lipinski definition) is 57. The van der Waals surface area contributed by atoms with Gasteiger partial charge in [0.1, 0.15) is 220 Å². The minimum atomic E-state index is -3.09. The van der Waals surface area contributed by atoms with E-state index in [0.29, 0.717) is 0 Å². The van der Waals surface area contributed by atoms with E-state index in [4.69, 9.17) is 109 Å². The zero-order valence-corrected chi connectivity index (χ0v) is 70.5. The summed E-state index contributed by atoms with van der Waals surface area (Å²) in [6.07, 6.45) is -157. The summed E-state index contributed by atoms with van der Waals surface area (Å²) in [5, 5.41) is 378. The Labute approximate surface area is 762 Å². The van der Waals surface area contributed by atoms with Crippen LogP contribution in [0.2, 0.25) is 0 Å². The third kappa shape index (κ3) is 22.1. The summed E-state index contributed by atoms with van der Waals surface area (Å²) in [5.41, 5.74) is 0. The number of carbonyl (C=O) groups is 8. The van der Waals surface area contributed by atoms with Crippen molar-refractivity contribution in [1.29, 1.82) is 0 Å². The van der Waals surface area contributed by atoms with E-state index in [2.05, 4.69) is 0 Å². The number of aliphatic carboxylic acids is 8. The lowest BCUT2D eigenvalue weighted by Crippen LogP contribution is -2.70. The zero-order chi connectivity index (χ0) is 102. The van der Waals surface area contributed by atoms with Crippen LogP contribution < -0.4 is 0 Å². The second-order valence-electron chi connectivity index (χ2n) is 33.8. The Kier molecular flexibility index (Phi) is 35.3. The predicted octanol–water partition coefficient (Wildman–Crippen LogP) is -22.3. The smallest absolute Gasteiger partial charge is 0.335 e. The Balaban J connectivity index is 0.886. The molecule has 12 fully saturated rings. The normalized spacial score (nSPS) is 52.3. The van der Waals surface area contributed by atoms with Gasteiger partial charge < -0.3 is 283 Å². The number of carboxylic acid groups (broad SMARTS) is 8. The van der Waals surface area contributed by atoms with E-state index < -0.39 is 416 Å². The fourth-order valence-electron chi connectivity index (χ4n) is 16.9. The average molecular weight is 2010 g/mol. The van der Waals surface area contributed by atoms with E-state index in [1.165, 1.54) is 0 Å². The standard InChI is InChI=1S/C72H106O65/c1-5-9(73)17(81)43(61(114)115-5)128-67-31(95)35(120-63-26(90)14(78)22(86)39(124-63)54(100)101)47(50(135-67)58(108)109)132-71-45(19(83)11(75)7(3)117-71)130-69-33(97)37(122-65-28(92)16(80)24(88)41(126-65)56(104)105)49(52(137-69)60(112)113)134-72-46(20(84)12(76)8(4)118-72)131-68-32(96)36(121-64-27(91)15(79)23(87)40(125-64)55(102)103)48(51(136-68)59(110)111)133-70-44(18(82)10(74)6(2)116-70)129-66-30(94)34(29(93)42(127-66)57(106)107)119-62-25(89)13(77)21(85)38(123-62)53(98)99/h5-52,61-97,114H,1-4H3,(H,98,99)(H,100,101)(H,102,103)(H,104,105)(H,106,107)(H,108,109)(H,110,111)(H,112,113)/t5-,6-,7-,8-,9-,10-,11-,12-,13-,14-,15-,16-,17+,18+,19+,20+,21-,22-,23-,24-,25+,26+,27+,28+,29+,30+,31+,32+,33+,34-,35+,36+,37+,38-,39-,40-,41-,42-,43+,44+,45+,46+,47+,48+,49+,50-,51-,52-,61?,62+,63+,64+,65+,66+,67-,68-,69-,70-,71-,72-/m0/s1. The summed E-state index contributed by atoms with van der Waals surface area (Å²) in [6.45, 7) is 4.01. The number of carboxylic acids is 8. The molecule has 60 atom stereocenters. The molecule has 12 saturated heterocycles. The minimum Gasteiger partial charge on any atom is -0.479 e. The van der Waals surface area contributed by atoms with Crippen LogP contribution in [0.25, 0.3) is 0 Å². The maximum atomic E-state index is 14.1. The monoisotopic (exact) mass is 2010 g/mol. The molecule has 0 amide bonds. The minimum absolute atomic E-state index is 0.919. The molecule has 0 radical (unpaired) electrons. The molecule has 34 N–H and O–H groups in total. The van der Waals surface area contributed by atoms with E-state index in [1.807, 2.05) is 0 Å². The van der Waals surface area contributed by atoms with Crippen LogP contribution in [0.3, 0.4) is 0 Å². The van der Waals surface area contributed by atoms with E-state index in [-0.39, 0.29) is 0 Å². The van der Waals surface area contributed by atoms with Crippen molar-refractivity contribution in [2.45, 2.75) is 396 Å². The SMILES string of the molecule is C[C@@H]1O[C@@H](O[C@@H]2[C@H](O[C@@H]3O[C@H](C(=O)O)[C@@H](O)[C@H](O)[C@H]3O)[C@@H](O)[C@@H](O[C@H]3[C@H](O[C@@H]4[C@H](O[C@@H]5O[C@H](C(=O)O)[C@@H](O)[C@H](O)[C@H]5O)[C@@H](O)[C@@H](O[C@H]5[C@H](O[C@@H]6[C@H](O[C@@H]7O[C@H](C(=O)O)[C@@H](O)[C@H](O)[C@H]7O)[C@@H](O)[C@@H](O[C@H]7C(O)O[C@@H](C)[C@H](O)[C@H]7O)O[C@@H]6C(=O)O)O[C@@H](C)[C@H](O)[C@H]5O)O[C@@H]4C(=O)O)O[C@@H](C)[C@H](O)[C@H]3O)O[C@@H]2C(=O)O)[C@H](O[C@H]2O[C@H](C(=O)O)[C@H](O)[C@H](O[C@@H]3O[C@H](C(=O)O)[C@@H](O)[C@H](O)[C@H]3O)[C@H]2O)[C@H](O)[C@H]1O. The highest BCUT2D eigenvalue weighted by Gasteiger charge is 2.66. The highest BCUT2D eigenvalue weighted by Crippen LogP contribution is 2.44. The maximum Gasteiger partial charge on any atom is 0.335 e. The van der Waals surface area contributed by atoms with Gasteiger partial charge in [0.25, 0.3) is 0 Å². The van der Waals surface area contributed by atoms with Crippen molar-refractivity contribution in [1.82, 2.24) is 0 Å². The summed E-state index contributed by atoms with van der Waals surface area (Å²) >= 11 is 0. The molecule has 0 spiro atoms. The largest absolute Gasteiger partial charge is 0.479 e. The predicted molar refractivity (Wildman–Crippen MR) is 394 cm³/mol. The molecular formula is C72H106O65. The fraction of sp³-hybridized carbons (Fsp3) is 0.889. The van der Waals surface area contributed by atoms with Crippen LogP contribution in [-0.4, -0.2) is 590 Å². The van der Waals surface area contributed by atoms with Gasteiger partial charge in [-0.1, -0.05) is 0 Å². The fourth-order valence-corrected chi connectivity index (χ4v) is 16.9. The molecule has 784 valence electrons. The molecule has 137 heavy (non-hydrogen) atoms. The van der Waals surface area contributed by atoms with Crippen LogP contribution >= 0.6 is 0 Å². The summed E-state index contributed by atoms with van der Waals surface area (Å²) in [5.74, 6) is -17.6. The first kappa shape index (κ1) is 110. The van der Waals surface area contributed by atoms with Gasteiger partial charge in [-0.05, 0) is 27.7 Å². The number of ether oxygens (including phenoxy) is 23. The van der Waals surface area contributed by atoms with E-state index in [0.717, 1.165) is 27.7 Å². The van der Waals surface area contributed by atoms with Crippen molar-refractivity contribution < 1.29 is 321 Å². The lowest BCUT2D eigenvalue weighted by Gasteiger charge is -2.51. The highest BCUT2D eigenvalue weighted by atomic mass is 16.8. The highest BCUT2D eigenvalue weighted by molar-refractivity contribution is 5.76. The van der Waals surface area contributed by atoms with Gasteiger partial charge >= 0.3 is 47.8 Å². The van der Waals surface area contributed by atoms with Gasteiger partial charge in [0, 0.05) is 0 Å². The lowest BCUT2D eigenvalue weighted by molar-refractivity contribution is -0.418. The second kappa shape index (κ2) is 44.2. The van der Waals surface area contributed by atoms with Crippen LogP contribution in [0.5, 0.6) is 0 Å². The van der Waals surface area contributed by atoms with E-state index >= 15 is 0 Å². The lowest BCUT2D eigenvalue weighted by atomic mass is 9.94. The average Bonchev–Trinajstić information content (AvgIpc) is 0.760. The second-order valence-corrected chi connectivity index (χ2v) is 33.8. The van der Waals surface area contributed by atoms with Crippen LogP contribution in [0, 0.1) is 0 Å². The molecule has 0 bridgehead atoms. The molecule has 0 aromatic carbocycles. The quantitative estimate of drug-likeness (QED) is 0.0318. The van der Waals surface area contributed by atoms with Gasteiger partial charge in [-0.3, -0.25) is 0 Å². The van der Waals surface area contributed by atoms with E-state index in [1.54, 1.807) is 0 Å². The summed E-state index contributed by atoms with van der Waals surface area (Å²) in [7, 11) is 0. The third-order valence-corrected chi connectivity index (χ3v) is 24.7. The van der Waals surface area contributed by atoms with Crippen LogP contribution in [0.1, 0.15) is 27.7 Å². The summed E-state index contributed by atoms with van der Waals surface area (Å²) < 4.78 is 130. The molecule has 65 nitrogen and oxygen atoms in total. The number of aliphatic hydroxyl groups is 26. The third-order valence-electron chi connectivity index (χ3n) is 24.7. The Morgan fingerprint density at radius 2 is 0.314 bits per heavy atom. The van der Waals surface area contributed by atoms with Crippen LogP contribution in [0.4, 0.5) is 0 Å². The van der Waals surface area contributed by atoms with Gasteiger partial charge in [0.15, 0.2) is 124 Å². The van der Waals surface area contributed by atoms with Crippen molar-refractivity contribution in [2.24, 2.45) is 0 Å². The molecule has 12 aliphatic rings. The maximum absolute atomic E-state index is 14.1. The van der Waals surface area contributed by atoms with Crippen molar-refractivity contribution in [2.75, 3.05) is 0 Å². The first-order chi connectivity index (χ1) is 64.0. The Morgan fingerprint density at radius 3 is 0.547 bits per heavy atom. The molecule has 12 aliphatic heterocycles. The molecule has 0 aromatic heterocycles. The van der Waals surface area contributed by atoms with Gasteiger partial charge in [-0.15, -0.1) is 0 Å². The van der Waals surface area contributed by atoms with Crippen molar-refractivity contribution in [3.63, 3.8) is 0 Å². The van der Waals surface area contributed by atoms with Crippen molar-refractivity contribution in [3.05, 3.63) is 0 Å². The molecule has 1 unspecified atom stereocenters. The van der Waals surface area contributed by atoms with Crippen LogP contribution in [0.15, 0.2) is 0 Å². The Bertz CT molecular complexity index is 4110. The number of rotatable bonds is 30. The van der Waals surface area contributed by atoms with E-state index in [9.17, 15) is 212 Å². The van der Waals surface area contributed by atoms with Crippen molar-refractivity contribution >= 4 is 47.8 Å². The van der Waals surface area contributed by atoms with Gasteiger partial charge in [0.05, 0.1) is 24.4 Å².